The molecule has 0 aliphatic carbocycles. The van der Waals surface area contributed by atoms with Gasteiger partial charge in [-0.25, -0.2) is 4.98 Å². The largest absolute Gasteiger partial charge is 0.395 e. The SMILES string of the molecule is CC(C)(C)CNc1ccc2scnc2c1N. The first-order chi connectivity index (χ1) is 7.47. The second-order valence-electron chi connectivity index (χ2n) is 5.14. The van der Waals surface area contributed by atoms with E-state index in [4.69, 9.17) is 5.73 Å². The summed E-state index contributed by atoms with van der Waals surface area (Å²) < 4.78 is 1.14. The van der Waals surface area contributed by atoms with E-state index in [1.54, 1.807) is 11.3 Å². The number of anilines is 2. The van der Waals surface area contributed by atoms with Gasteiger partial charge in [0.1, 0.15) is 5.52 Å². The molecule has 0 fully saturated rings. The van der Waals surface area contributed by atoms with E-state index in [0.717, 1.165) is 28.1 Å². The predicted octanol–water partition coefficient (Wildman–Crippen LogP) is 3.34. The highest BCUT2D eigenvalue weighted by Gasteiger charge is 2.12. The second kappa shape index (κ2) is 3.94. The Kier molecular flexibility index (Phi) is 2.76. The van der Waals surface area contributed by atoms with Crippen molar-refractivity contribution in [3.8, 4) is 0 Å². The molecule has 1 aromatic carbocycles. The molecule has 4 heteroatoms. The normalized spacial score (nSPS) is 11.9. The zero-order valence-electron chi connectivity index (χ0n) is 9.87. The van der Waals surface area contributed by atoms with E-state index < -0.39 is 0 Å². The molecule has 3 nitrogen and oxygen atoms in total. The van der Waals surface area contributed by atoms with Crippen molar-refractivity contribution >= 4 is 32.9 Å². The molecule has 0 amide bonds. The third-order valence-electron chi connectivity index (χ3n) is 2.35. The summed E-state index contributed by atoms with van der Waals surface area (Å²) in [5.74, 6) is 0. The number of nitrogen functional groups attached to an aromatic ring is 1. The molecule has 0 bridgehead atoms. The van der Waals surface area contributed by atoms with Crippen LogP contribution in [0.4, 0.5) is 11.4 Å². The molecular weight excluding hydrogens is 218 g/mol. The number of benzene rings is 1. The van der Waals surface area contributed by atoms with Crippen molar-refractivity contribution in [3.63, 3.8) is 0 Å². The van der Waals surface area contributed by atoms with Gasteiger partial charge >= 0.3 is 0 Å². The average molecular weight is 235 g/mol. The lowest BCUT2D eigenvalue weighted by atomic mass is 9.97. The van der Waals surface area contributed by atoms with Crippen LogP contribution in [0.2, 0.25) is 0 Å². The molecule has 2 rings (SSSR count). The minimum absolute atomic E-state index is 0.240. The van der Waals surface area contributed by atoms with Gasteiger partial charge in [0.25, 0.3) is 0 Å². The first-order valence-electron chi connectivity index (χ1n) is 5.33. The Bertz CT molecular complexity index is 496. The van der Waals surface area contributed by atoms with Crippen molar-refractivity contribution in [3.05, 3.63) is 17.6 Å². The molecule has 1 heterocycles. The lowest BCUT2D eigenvalue weighted by Gasteiger charge is -2.20. The molecule has 0 saturated heterocycles. The quantitative estimate of drug-likeness (QED) is 0.785. The summed E-state index contributed by atoms with van der Waals surface area (Å²) in [5.41, 5.74) is 10.8. The van der Waals surface area contributed by atoms with Crippen LogP contribution in [0, 0.1) is 5.41 Å². The Morgan fingerprint density at radius 2 is 2.12 bits per heavy atom. The van der Waals surface area contributed by atoms with Gasteiger partial charge in [-0.1, -0.05) is 20.8 Å². The maximum absolute atomic E-state index is 6.07. The van der Waals surface area contributed by atoms with E-state index in [-0.39, 0.29) is 5.41 Å². The highest BCUT2D eigenvalue weighted by molar-refractivity contribution is 7.16. The zero-order valence-corrected chi connectivity index (χ0v) is 10.7. The van der Waals surface area contributed by atoms with Gasteiger partial charge in [-0.05, 0) is 17.5 Å². The Balaban J connectivity index is 2.28. The van der Waals surface area contributed by atoms with E-state index in [1.807, 2.05) is 11.6 Å². The molecule has 0 unspecified atom stereocenters. The molecule has 0 aliphatic heterocycles. The fourth-order valence-corrected chi connectivity index (χ4v) is 2.16. The van der Waals surface area contributed by atoms with Crippen LogP contribution in [0.15, 0.2) is 17.6 Å². The van der Waals surface area contributed by atoms with Crippen molar-refractivity contribution in [2.45, 2.75) is 20.8 Å². The maximum Gasteiger partial charge on any atom is 0.106 e. The van der Waals surface area contributed by atoms with Gasteiger partial charge < -0.3 is 11.1 Å². The molecular formula is C12H17N3S. The van der Waals surface area contributed by atoms with Crippen LogP contribution in [0.3, 0.4) is 0 Å². The number of nitrogens with one attached hydrogen (secondary N) is 1. The predicted molar refractivity (Wildman–Crippen MR) is 72.0 cm³/mol. The van der Waals surface area contributed by atoms with E-state index in [1.165, 1.54) is 0 Å². The minimum atomic E-state index is 0.240. The van der Waals surface area contributed by atoms with Gasteiger partial charge in [0.15, 0.2) is 0 Å². The van der Waals surface area contributed by atoms with Gasteiger partial charge in [0, 0.05) is 6.54 Å². The van der Waals surface area contributed by atoms with Crippen LogP contribution in [0.5, 0.6) is 0 Å². The van der Waals surface area contributed by atoms with E-state index in [2.05, 4.69) is 37.1 Å². The molecule has 16 heavy (non-hydrogen) atoms. The van der Waals surface area contributed by atoms with E-state index >= 15 is 0 Å². The lowest BCUT2D eigenvalue weighted by Crippen LogP contribution is -2.19. The molecule has 0 atom stereocenters. The second-order valence-corrected chi connectivity index (χ2v) is 6.03. The van der Waals surface area contributed by atoms with E-state index in [9.17, 15) is 0 Å². The summed E-state index contributed by atoms with van der Waals surface area (Å²) in [7, 11) is 0. The summed E-state index contributed by atoms with van der Waals surface area (Å²) in [6, 6.07) is 4.09. The van der Waals surface area contributed by atoms with Crippen LogP contribution >= 0.6 is 11.3 Å². The van der Waals surface area contributed by atoms with E-state index in [0.29, 0.717) is 0 Å². The van der Waals surface area contributed by atoms with Gasteiger partial charge in [0.2, 0.25) is 0 Å². The molecule has 0 saturated carbocycles. The highest BCUT2D eigenvalue weighted by Crippen LogP contribution is 2.30. The molecule has 86 valence electrons. The first kappa shape index (κ1) is 11.2. The monoisotopic (exact) mass is 235 g/mol. The van der Waals surface area contributed by atoms with Crippen molar-refractivity contribution in [2.24, 2.45) is 5.41 Å². The maximum atomic E-state index is 6.07. The zero-order chi connectivity index (χ0) is 11.8. The van der Waals surface area contributed by atoms with Gasteiger partial charge in [0.05, 0.1) is 21.6 Å². The van der Waals surface area contributed by atoms with Crippen molar-refractivity contribution in [2.75, 3.05) is 17.6 Å². The topological polar surface area (TPSA) is 50.9 Å². The molecule has 0 radical (unpaired) electrons. The Morgan fingerprint density at radius 3 is 2.81 bits per heavy atom. The third kappa shape index (κ3) is 2.27. The van der Waals surface area contributed by atoms with Crippen LogP contribution in [-0.2, 0) is 0 Å². The summed E-state index contributed by atoms with van der Waals surface area (Å²) in [6.07, 6.45) is 0. The van der Waals surface area contributed by atoms with Gasteiger partial charge in [-0.3, -0.25) is 0 Å². The summed E-state index contributed by atoms with van der Waals surface area (Å²) in [4.78, 5) is 4.28. The first-order valence-corrected chi connectivity index (χ1v) is 6.21. The minimum Gasteiger partial charge on any atom is -0.395 e. The average Bonchev–Trinajstić information content (AvgIpc) is 2.64. The fraction of sp³-hybridized carbons (Fsp3) is 0.417. The smallest absolute Gasteiger partial charge is 0.106 e. The van der Waals surface area contributed by atoms with Crippen LogP contribution in [0.1, 0.15) is 20.8 Å². The summed E-state index contributed by atoms with van der Waals surface area (Å²) in [5, 5.41) is 3.37. The molecule has 3 N–H and O–H groups in total. The van der Waals surface area contributed by atoms with Gasteiger partial charge in [-0.2, -0.15) is 0 Å². The number of hydrogen-bond acceptors (Lipinski definition) is 4. The number of hydrogen-bond donors (Lipinski definition) is 2. The molecule has 0 spiro atoms. The summed E-state index contributed by atoms with van der Waals surface area (Å²) >= 11 is 1.61. The number of nitrogens with two attached hydrogens (primary N) is 1. The number of aromatic nitrogens is 1. The fourth-order valence-electron chi connectivity index (χ4n) is 1.47. The lowest BCUT2D eigenvalue weighted by molar-refractivity contribution is 0.443. The van der Waals surface area contributed by atoms with Crippen LogP contribution < -0.4 is 11.1 Å². The standard InChI is InChI=1S/C12H17N3S/c1-12(2,3)6-14-8-4-5-9-11(10(8)13)15-7-16-9/h4-5,7,14H,6,13H2,1-3H3. The number of fused-ring (bicyclic) bond motifs is 1. The van der Waals surface area contributed by atoms with Crippen molar-refractivity contribution < 1.29 is 0 Å². The molecule has 1 aromatic heterocycles. The van der Waals surface area contributed by atoms with Crippen LogP contribution in [0.25, 0.3) is 10.2 Å². The molecule has 0 aliphatic rings. The third-order valence-corrected chi connectivity index (χ3v) is 3.14. The Hall–Kier alpha value is -1.29. The highest BCUT2D eigenvalue weighted by atomic mass is 32.1. The number of thiazole rings is 1. The Labute approximate surface area is 99.7 Å². The number of rotatable bonds is 2. The Morgan fingerprint density at radius 1 is 1.38 bits per heavy atom. The number of nitrogens with zero attached hydrogens (tertiary/aromatic N) is 1. The van der Waals surface area contributed by atoms with Gasteiger partial charge in [-0.15, -0.1) is 11.3 Å². The van der Waals surface area contributed by atoms with Crippen molar-refractivity contribution in [1.29, 1.82) is 0 Å². The van der Waals surface area contributed by atoms with Crippen molar-refractivity contribution in [1.82, 2.24) is 4.98 Å². The van der Waals surface area contributed by atoms with Crippen LogP contribution in [-0.4, -0.2) is 11.5 Å². The molecule has 2 aromatic rings. The summed E-state index contributed by atoms with van der Waals surface area (Å²) in [6.45, 7) is 7.47.